The van der Waals surface area contributed by atoms with Crippen molar-refractivity contribution in [3.63, 3.8) is 0 Å². The summed E-state index contributed by atoms with van der Waals surface area (Å²) in [4.78, 5) is 27.5. The first kappa shape index (κ1) is 19.4. The van der Waals surface area contributed by atoms with Crippen LogP contribution in [0.25, 0.3) is 0 Å². The molecule has 1 aromatic heterocycles. The summed E-state index contributed by atoms with van der Waals surface area (Å²) in [5, 5.41) is 6.52. The molecule has 1 atom stereocenters. The molecule has 2 aliphatic rings. The summed E-state index contributed by atoms with van der Waals surface area (Å²) in [6, 6.07) is 6.75. The first-order chi connectivity index (χ1) is 14.0. The average Bonchev–Trinajstić information content (AvgIpc) is 3.16. The predicted octanol–water partition coefficient (Wildman–Crippen LogP) is 2.68. The van der Waals surface area contributed by atoms with Gasteiger partial charge in [0.15, 0.2) is 17.3 Å². The molecule has 8 heteroatoms. The molecule has 1 amide bonds. The largest absolute Gasteiger partial charge is 0.486 e. The van der Waals surface area contributed by atoms with Crippen molar-refractivity contribution in [2.45, 2.75) is 32.7 Å². The number of aromatic nitrogens is 1. The van der Waals surface area contributed by atoms with Crippen LogP contribution in [0.2, 0.25) is 0 Å². The number of amides is 1. The zero-order chi connectivity index (χ0) is 20.4. The molecule has 8 nitrogen and oxygen atoms in total. The fraction of sp³-hybridized carbons (Fsp3) is 0.476. The van der Waals surface area contributed by atoms with Gasteiger partial charge in [-0.25, -0.2) is 0 Å². The first-order valence-corrected chi connectivity index (χ1v) is 9.93. The number of ether oxygens (including phenoxy) is 2. The molecule has 1 fully saturated rings. The molecule has 1 N–H and O–H groups in total. The van der Waals surface area contributed by atoms with E-state index in [-0.39, 0.29) is 23.7 Å². The Morgan fingerprint density at radius 1 is 1.14 bits per heavy atom. The van der Waals surface area contributed by atoms with Crippen LogP contribution in [-0.4, -0.2) is 54.1 Å². The second-order valence-corrected chi connectivity index (χ2v) is 7.53. The topological polar surface area (TPSA) is 93.9 Å². The van der Waals surface area contributed by atoms with Gasteiger partial charge in [0.2, 0.25) is 11.8 Å². The van der Waals surface area contributed by atoms with Crippen molar-refractivity contribution >= 4 is 17.6 Å². The van der Waals surface area contributed by atoms with Gasteiger partial charge in [0.1, 0.15) is 13.2 Å². The van der Waals surface area contributed by atoms with E-state index in [1.165, 1.54) is 0 Å². The molecule has 154 valence electrons. The molecule has 1 saturated heterocycles. The van der Waals surface area contributed by atoms with Gasteiger partial charge in [-0.3, -0.25) is 19.8 Å². The number of aryl methyl sites for hydroxylation is 1. The first-order valence-electron chi connectivity index (χ1n) is 9.93. The normalized spacial score (nSPS) is 18.3. The Morgan fingerprint density at radius 3 is 2.55 bits per heavy atom. The van der Waals surface area contributed by atoms with Crippen LogP contribution in [0, 0.1) is 12.8 Å². The Balaban J connectivity index is 1.32. The molecule has 0 bridgehead atoms. The minimum atomic E-state index is -0.314. The highest BCUT2D eigenvalue weighted by Crippen LogP contribution is 2.32. The molecule has 2 aliphatic heterocycles. The minimum Gasteiger partial charge on any atom is -0.486 e. The smallest absolute Gasteiger partial charge is 0.243 e. The molecule has 29 heavy (non-hydrogen) atoms. The summed E-state index contributed by atoms with van der Waals surface area (Å²) in [6.07, 6.45) is 1.43. The Bertz CT molecular complexity index is 901. The zero-order valence-corrected chi connectivity index (χ0v) is 16.6. The number of rotatable bonds is 5. The number of carbonyl (C=O) groups is 2. The van der Waals surface area contributed by atoms with E-state index in [2.05, 4.69) is 15.4 Å². The third-order valence-corrected chi connectivity index (χ3v) is 5.53. The van der Waals surface area contributed by atoms with Crippen LogP contribution in [0.3, 0.4) is 0 Å². The number of likely N-dealkylation sites (tertiary alicyclic amines) is 1. The van der Waals surface area contributed by atoms with Crippen LogP contribution >= 0.6 is 0 Å². The highest BCUT2D eigenvalue weighted by atomic mass is 16.6. The average molecular weight is 399 g/mol. The number of fused-ring (bicyclic) bond motifs is 1. The predicted molar refractivity (Wildman–Crippen MR) is 105 cm³/mol. The van der Waals surface area contributed by atoms with Crippen molar-refractivity contribution in [2.75, 3.05) is 31.6 Å². The van der Waals surface area contributed by atoms with E-state index in [1.54, 1.807) is 31.2 Å². The number of hydrogen-bond donors (Lipinski definition) is 1. The summed E-state index contributed by atoms with van der Waals surface area (Å²) >= 11 is 0. The molecule has 2 aromatic rings. The second kappa shape index (κ2) is 8.24. The lowest BCUT2D eigenvalue weighted by Gasteiger charge is -2.34. The molecule has 0 saturated carbocycles. The van der Waals surface area contributed by atoms with Crippen LogP contribution in [0.5, 0.6) is 11.5 Å². The molecular weight excluding hydrogens is 374 g/mol. The van der Waals surface area contributed by atoms with Gasteiger partial charge >= 0.3 is 0 Å². The number of hydrogen-bond acceptors (Lipinski definition) is 7. The summed E-state index contributed by atoms with van der Waals surface area (Å²) < 4.78 is 16.1. The number of nitrogens with zero attached hydrogens (tertiary/aromatic N) is 2. The van der Waals surface area contributed by atoms with Gasteiger partial charge in [-0.15, -0.1) is 0 Å². The number of anilines is 1. The monoisotopic (exact) mass is 399 g/mol. The van der Waals surface area contributed by atoms with E-state index in [1.807, 2.05) is 6.92 Å². The van der Waals surface area contributed by atoms with Gasteiger partial charge in [-0.2, -0.15) is 0 Å². The third kappa shape index (κ3) is 4.27. The molecule has 1 aromatic carbocycles. The second-order valence-electron chi connectivity index (χ2n) is 7.53. The van der Waals surface area contributed by atoms with Crippen molar-refractivity contribution in [3.8, 4) is 11.5 Å². The SMILES string of the molecule is Cc1cc(NC(=O)C(C)N2CCC(C(=O)c3ccc4c(c3)OCCO4)CC2)on1. The van der Waals surface area contributed by atoms with Crippen LogP contribution in [0.4, 0.5) is 5.88 Å². The van der Waals surface area contributed by atoms with Gasteiger partial charge in [0.25, 0.3) is 0 Å². The fourth-order valence-electron chi connectivity index (χ4n) is 3.80. The summed E-state index contributed by atoms with van der Waals surface area (Å²) in [5.41, 5.74) is 1.37. The van der Waals surface area contributed by atoms with Crippen LogP contribution < -0.4 is 14.8 Å². The van der Waals surface area contributed by atoms with Crippen LogP contribution in [0.15, 0.2) is 28.8 Å². The highest BCUT2D eigenvalue weighted by Gasteiger charge is 2.31. The maximum atomic E-state index is 12.9. The van der Waals surface area contributed by atoms with Gasteiger partial charge in [0.05, 0.1) is 11.7 Å². The molecule has 0 aliphatic carbocycles. The van der Waals surface area contributed by atoms with Gasteiger partial charge in [-0.1, -0.05) is 5.16 Å². The molecule has 3 heterocycles. The fourth-order valence-corrected chi connectivity index (χ4v) is 3.80. The summed E-state index contributed by atoms with van der Waals surface area (Å²) in [5.74, 6) is 1.59. The van der Waals surface area contributed by atoms with E-state index in [9.17, 15) is 9.59 Å². The quantitative estimate of drug-likeness (QED) is 0.773. The summed E-state index contributed by atoms with van der Waals surface area (Å²) in [6.45, 7) is 6.06. The molecule has 4 rings (SSSR count). The molecule has 1 unspecified atom stereocenters. The number of carbonyl (C=O) groups excluding carboxylic acids is 2. The Hall–Kier alpha value is -2.87. The van der Waals surface area contributed by atoms with Crippen molar-refractivity contribution in [3.05, 3.63) is 35.5 Å². The molecule has 0 radical (unpaired) electrons. The number of benzene rings is 1. The summed E-state index contributed by atoms with van der Waals surface area (Å²) in [7, 11) is 0. The Kier molecular flexibility index (Phi) is 5.53. The Morgan fingerprint density at radius 2 is 1.86 bits per heavy atom. The maximum absolute atomic E-state index is 12.9. The Labute approximate surface area is 169 Å². The number of Topliss-reactive ketones (excluding diaryl/α,β-unsaturated/α-hetero) is 1. The number of nitrogens with one attached hydrogen (secondary N) is 1. The minimum absolute atomic E-state index is 0.0546. The number of ketones is 1. The van der Waals surface area contributed by atoms with E-state index in [0.29, 0.717) is 67.8 Å². The van der Waals surface area contributed by atoms with Crippen molar-refractivity contribution in [2.24, 2.45) is 5.92 Å². The van der Waals surface area contributed by atoms with E-state index in [4.69, 9.17) is 14.0 Å². The van der Waals surface area contributed by atoms with Gasteiger partial charge < -0.3 is 14.0 Å². The van der Waals surface area contributed by atoms with Gasteiger partial charge in [-0.05, 0) is 58.0 Å². The van der Waals surface area contributed by atoms with Gasteiger partial charge in [0, 0.05) is 17.5 Å². The van der Waals surface area contributed by atoms with Crippen molar-refractivity contribution in [1.29, 1.82) is 0 Å². The van der Waals surface area contributed by atoms with E-state index in [0.717, 1.165) is 0 Å². The molecular formula is C21H25N3O5. The highest BCUT2D eigenvalue weighted by molar-refractivity contribution is 5.98. The lowest BCUT2D eigenvalue weighted by molar-refractivity contribution is -0.121. The lowest BCUT2D eigenvalue weighted by Crippen LogP contribution is -2.47. The lowest BCUT2D eigenvalue weighted by atomic mass is 9.88. The standard InChI is InChI=1S/C21H25N3O5/c1-13-11-19(29-23-13)22-21(26)14(2)24-7-5-15(6-8-24)20(25)16-3-4-17-18(12-16)28-10-9-27-17/h3-4,11-12,14-15H,5-10H2,1-2H3,(H,22,26). The van der Waals surface area contributed by atoms with Crippen molar-refractivity contribution < 1.29 is 23.6 Å². The van der Waals surface area contributed by atoms with Crippen LogP contribution in [-0.2, 0) is 4.79 Å². The van der Waals surface area contributed by atoms with Crippen LogP contribution in [0.1, 0.15) is 35.8 Å². The molecule has 0 spiro atoms. The van der Waals surface area contributed by atoms with E-state index >= 15 is 0 Å². The van der Waals surface area contributed by atoms with Crippen molar-refractivity contribution in [1.82, 2.24) is 10.1 Å². The zero-order valence-electron chi connectivity index (χ0n) is 16.6. The number of piperidine rings is 1. The third-order valence-electron chi connectivity index (χ3n) is 5.53. The van der Waals surface area contributed by atoms with E-state index < -0.39 is 0 Å². The maximum Gasteiger partial charge on any atom is 0.243 e.